The van der Waals surface area contributed by atoms with Crippen LogP contribution in [0.3, 0.4) is 0 Å². The number of thiazole rings is 1. The van der Waals surface area contributed by atoms with Crippen molar-refractivity contribution < 1.29 is 9.53 Å². The minimum Gasteiger partial charge on any atom is -0.378 e. The van der Waals surface area contributed by atoms with Gasteiger partial charge in [-0.15, -0.1) is 0 Å². The molecule has 0 atom stereocenters. The Balaban J connectivity index is 1.53. The van der Waals surface area contributed by atoms with Gasteiger partial charge in [0, 0.05) is 23.8 Å². The number of hydrogen-bond acceptors (Lipinski definition) is 5. The highest BCUT2D eigenvalue weighted by molar-refractivity contribution is 7.22. The molecule has 1 aliphatic rings. The first-order valence-corrected chi connectivity index (χ1v) is 10.4. The molecule has 0 radical (unpaired) electrons. The Hall–Kier alpha value is -2.15. The number of fused-ring (bicyclic) bond motifs is 1. The van der Waals surface area contributed by atoms with E-state index in [-0.39, 0.29) is 5.91 Å². The number of benzene rings is 2. The number of morpholine rings is 1. The van der Waals surface area contributed by atoms with Crippen molar-refractivity contribution in [3.8, 4) is 0 Å². The van der Waals surface area contributed by atoms with E-state index in [1.54, 1.807) is 11.3 Å². The quantitative estimate of drug-likeness (QED) is 0.670. The number of nitrogens with zero attached hydrogens (tertiary/aromatic N) is 2. The van der Waals surface area contributed by atoms with Gasteiger partial charge < -0.3 is 15.0 Å². The van der Waals surface area contributed by atoms with Crippen LogP contribution >= 0.6 is 22.9 Å². The summed E-state index contributed by atoms with van der Waals surface area (Å²) < 4.78 is 6.47. The number of ether oxygens (including phenoxy) is 1. The zero-order chi connectivity index (χ0) is 19.7. The monoisotopic (exact) mass is 415 g/mol. The first-order chi connectivity index (χ1) is 13.4. The summed E-state index contributed by atoms with van der Waals surface area (Å²) in [5.41, 5.74) is 1.97. The second-order valence-electron chi connectivity index (χ2n) is 7.36. The van der Waals surface area contributed by atoms with E-state index in [0.29, 0.717) is 5.02 Å². The van der Waals surface area contributed by atoms with Crippen LogP contribution in [0.4, 0.5) is 10.8 Å². The number of carbonyl (C=O) groups excluding carboxylic acids is 1. The second-order valence-corrected chi connectivity index (χ2v) is 8.81. The third-order valence-electron chi connectivity index (χ3n) is 5.05. The van der Waals surface area contributed by atoms with Crippen molar-refractivity contribution in [2.45, 2.75) is 19.3 Å². The van der Waals surface area contributed by atoms with Crippen molar-refractivity contribution >= 4 is 49.9 Å². The predicted octanol–water partition coefficient (Wildman–Crippen LogP) is 4.70. The summed E-state index contributed by atoms with van der Waals surface area (Å²) in [4.78, 5) is 19.9. The lowest BCUT2D eigenvalue weighted by Crippen LogP contribution is -2.36. The summed E-state index contributed by atoms with van der Waals surface area (Å²) >= 11 is 7.61. The normalized spacial score (nSPS) is 15.0. The van der Waals surface area contributed by atoms with Crippen molar-refractivity contribution in [3.63, 3.8) is 0 Å². The van der Waals surface area contributed by atoms with Crippen LogP contribution in [0.1, 0.15) is 19.4 Å². The third-order valence-corrected chi connectivity index (χ3v) is 6.38. The van der Waals surface area contributed by atoms with Crippen molar-refractivity contribution in [2.75, 3.05) is 36.5 Å². The van der Waals surface area contributed by atoms with Gasteiger partial charge in [0.25, 0.3) is 0 Å². The highest BCUT2D eigenvalue weighted by atomic mass is 35.5. The number of halogens is 1. The lowest BCUT2D eigenvalue weighted by atomic mass is 9.83. The first-order valence-electron chi connectivity index (χ1n) is 9.24. The SMILES string of the molecule is CC(C)(C(=O)Nc1ccc2nc(N3CCOCC3)sc2c1)c1ccc(Cl)cc1. The molecule has 0 unspecified atom stereocenters. The maximum Gasteiger partial charge on any atom is 0.234 e. The van der Waals surface area contributed by atoms with Gasteiger partial charge in [0.1, 0.15) is 0 Å². The Bertz CT molecular complexity index is 995. The molecule has 1 amide bonds. The molecule has 1 N–H and O–H groups in total. The fraction of sp³-hybridized carbons (Fsp3) is 0.333. The maximum absolute atomic E-state index is 12.9. The summed E-state index contributed by atoms with van der Waals surface area (Å²) in [5.74, 6) is -0.0629. The largest absolute Gasteiger partial charge is 0.378 e. The number of anilines is 2. The van der Waals surface area contributed by atoms with Crippen molar-refractivity contribution in [3.05, 3.63) is 53.1 Å². The predicted molar refractivity (Wildman–Crippen MR) is 116 cm³/mol. The summed E-state index contributed by atoms with van der Waals surface area (Å²) in [6, 6.07) is 13.3. The van der Waals surface area contributed by atoms with Gasteiger partial charge >= 0.3 is 0 Å². The van der Waals surface area contributed by atoms with Crippen LogP contribution < -0.4 is 10.2 Å². The van der Waals surface area contributed by atoms with Gasteiger partial charge in [0.05, 0.1) is 28.8 Å². The molecule has 1 fully saturated rings. The lowest BCUT2D eigenvalue weighted by Gasteiger charge is -2.25. The van der Waals surface area contributed by atoms with Crippen molar-refractivity contribution in [1.82, 2.24) is 4.98 Å². The molecule has 0 bridgehead atoms. The van der Waals surface area contributed by atoms with E-state index in [1.807, 2.05) is 56.3 Å². The Labute approximate surface area is 173 Å². The Morgan fingerprint density at radius 2 is 1.89 bits per heavy atom. The molecule has 146 valence electrons. The number of aromatic nitrogens is 1. The van der Waals surface area contributed by atoms with E-state index in [9.17, 15) is 4.79 Å². The molecule has 1 aliphatic heterocycles. The minimum absolute atomic E-state index is 0.0629. The van der Waals surface area contributed by atoms with Crippen LogP contribution in [0.25, 0.3) is 10.2 Å². The summed E-state index contributed by atoms with van der Waals surface area (Å²) in [5, 5.41) is 4.71. The van der Waals surface area contributed by atoms with Gasteiger partial charge in [-0.25, -0.2) is 4.98 Å². The molecule has 1 saturated heterocycles. The van der Waals surface area contributed by atoms with E-state index in [4.69, 9.17) is 21.3 Å². The summed E-state index contributed by atoms with van der Waals surface area (Å²) in [6.07, 6.45) is 0. The molecule has 4 rings (SSSR count). The molecule has 0 spiro atoms. The van der Waals surface area contributed by atoms with Gasteiger partial charge in [0.2, 0.25) is 5.91 Å². The standard InChI is InChI=1S/C21H22ClN3O2S/c1-21(2,14-3-5-15(22)6-4-14)19(26)23-16-7-8-17-18(13-16)28-20(24-17)25-9-11-27-12-10-25/h3-8,13H,9-12H2,1-2H3,(H,23,26). The average molecular weight is 416 g/mol. The van der Waals surface area contributed by atoms with Crippen LogP contribution in [0.5, 0.6) is 0 Å². The number of amides is 1. The average Bonchev–Trinajstić information content (AvgIpc) is 3.12. The highest BCUT2D eigenvalue weighted by Crippen LogP contribution is 2.32. The minimum atomic E-state index is -0.674. The van der Waals surface area contributed by atoms with Gasteiger partial charge in [0.15, 0.2) is 5.13 Å². The molecule has 0 saturated carbocycles. The first kappa shape index (κ1) is 19.2. The number of rotatable bonds is 4. The van der Waals surface area contributed by atoms with Crippen molar-refractivity contribution in [2.24, 2.45) is 0 Å². The molecule has 3 aromatic rings. The van der Waals surface area contributed by atoms with Crippen LogP contribution in [0, 0.1) is 0 Å². The topological polar surface area (TPSA) is 54.5 Å². The molecule has 0 aliphatic carbocycles. The van der Waals surface area contributed by atoms with Gasteiger partial charge in [-0.2, -0.15) is 0 Å². The van der Waals surface area contributed by atoms with E-state index < -0.39 is 5.41 Å². The third kappa shape index (κ3) is 3.85. The smallest absolute Gasteiger partial charge is 0.234 e. The molecule has 1 aromatic heterocycles. The van der Waals surface area contributed by atoms with Crippen LogP contribution in [-0.4, -0.2) is 37.2 Å². The van der Waals surface area contributed by atoms with Gasteiger partial charge in [-0.1, -0.05) is 35.1 Å². The maximum atomic E-state index is 12.9. The Morgan fingerprint density at radius 3 is 2.61 bits per heavy atom. The van der Waals surface area contributed by atoms with E-state index >= 15 is 0 Å². The summed E-state index contributed by atoms with van der Waals surface area (Å²) in [6.45, 7) is 7.01. The number of carbonyl (C=O) groups is 1. The Morgan fingerprint density at radius 1 is 1.18 bits per heavy atom. The summed E-state index contributed by atoms with van der Waals surface area (Å²) in [7, 11) is 0. The Kier molecular flexibility index (Phi) is 5.27. The van der Waals surface area contributed by atoms with E-state index in [1.165, 1.54) is 0 Å². The molecule has 28 heavy (non-hydrogen) atoms. The molecule has 2 heterocycles. The van der Waals surface area contributed by atoms with Crippen LogP contribution in [-0.2, 0) is 14.9 Å². The van der Waals surface area contributed by atoms with Crippen molar-refractivity contribution in [1.29, 1.82) is 0 Å². The molecule has 5 nitrogen and oxygen atoms in total. The fourth-order valence-electron chi connectivity index (χ4n) is 3.17. The second kappa shape index (κ2) is 7.70. The molecule has 2 aromatic carbocycles. The number of hydrogen-bond donors (Lipinski definition) is 1. The van der Waals surface area contributed by atoms with E-state index in [2.05, 4.69) is 10.2 Å². The number of nitrogens with one attached hydrogen (secondary N) is 1. The zero-order valence-electron chi connectivity index (χ0n) is 15.9. The van der Waals surface area contributed by atoms with E-state index in [0.717, 1.165) is 52.9 Å². The lowest BCUT2D eigenvalue weighted by molar-refractivity contribution is -0.120. The molecule has 7 heteroatoms. The fourth-order valence-corrected chi connectivity index (χ4v) is 4.35. The van der Waals surface area contributed by atoms with Crippen LogP contribution in [0.15, 0.2) is 42.5 Å². The van der Waals surface area contributed by atoms with Crippen LogP contribution in [0.2, 0.25) is 5.02 Å². The van der Waals surface area contributed by atoms with Gasteiger partial charge in [-0.05, 0) is 49.7 Å². The zero-order valence-corrected chi connectivity index (χ0v) is 17.4. The highest BCUT2D eigenvalue weighted by Gasteiger charge is 2.30. The molecular weight excluding hydrogens is 394 g/mol. The van der Waals surface area contributed by atoms with Gasteiger partial charge in [-0.3, -0.25) is 4.79 Å². The molecular formula is C21H22ClN3O2S.